The highest BCUT2D eigenvalue weighted by molar-refractivity contribution is 7.19. The maximum absolute atomic E-state index is 8.38. The highest BCUT2D eigenvalue weighted by Crippen LogP contribution is 2.30. The molecule has 0 spiro atoms. The van der Waals surface area contributed by atoms with Crippen molar-refractivity contribution in [1.29, 1.82) is 5.26 Å². The summed E-state index contributed by atoms with van der Waals surface area (Å²) in [5.74, 6) is 0.452. The molecule has 4 nitrogen and oxygen atoms in total. The molecule has 2 heterocycles. The molecular formula is C10H7ClN4S. The number of nitrogens with zero attached hydrogens (tertiary/aromatic N) is 3. The minimum atomic E-state index is 0.199. The summed E-state index contributed by atoms with van der Waals surface area (Å²) >= 11 is 7.32. The lowest BCUT2D eigenvalue weighted by molar-refractivity contribution is 1.12. The number of rotatable bonds is 3. The summed E-state index contributed by atoms with van der Waals surface area (Å²) in [4.78, 5) is 9.21. The first kappa shape index (κ1) is 10.9. The molecule has 0 aliphatic rings. The third kappa shape index (κ3) is 2.48. The lowest BCUT2D eigenvalue weighted by Gasteiger charge is -2.00. The standard InChI is InChI=1S/C10H7ClN4S/c11-9-2-1-8(16-9)7-5-14-10(15-6-7)13-4-3-12/h1-2,5-6H,4H2,(H,13,14,15). The van der Waals surface area contributed by atoms with Crippen LogP contribution >= 0.6 is 22.9 Å². The molecule has 0 saturated carbocycles. The quantitative estimate of drug-likeness (QED) is 0.851. The molecular weight excluding hydrogens is 244 g/mol. The van der Waals surface area contributed by atoms with E-state index in [0.29, 0.717) is 5.95 Å². The van der Waals surface area contributed by atoms with Gasteiger partial charge in [0, 0.05) is 22.8 Å². The third-order valence-electron chi connectivity index (χ3n) is 1.84. The van der Waals surface area contributed by atoms with E-state index in [0.717, 1.165) is 14.8 Å². The first-order valence-electron chi connectivity index (χ1n) is 4.48. The van der Waals surface area contributed by atoms with E-state index < -0.39 is 0 Å². The van der Waals surface area contributed by atoms with Gasteiger partial charge in [0.15, 0.2) is 0 Å². The average Bonchev–Trinajstić information content (AvgIpc) is 2.74. The number of aromatic nitrogens is 2. The van der Waals surface area contributed by atoms with Crippen LogP contribution in [0.4, 0.5) is 5.95 Å². The monoisotopic (exact) mass is 250 g/mol. The Kier molecular flexibility index (Phi) is 3.34. The number of nitriles is 1. The molecule has 0 unspecified atom stereocenters. The van der Waals surface area contributed by atoms with Gasteiger partial charge in [0.2, 0.25) is 5.95 Å². The van der Waals surface area contributed by atoms with E-state index in [1.807, 2.05) is 18.2 Å². The number of nitrogens with one attached hydrogen (secondary N) is 1. The van der Waals surface area contributed by atoms with E-state index in [1.165, 1.54) is 11.3 Å². The van der Waals surface area contributed by atoms with Crippen LogP contribution in [0, 0.1) is 11.3 Å². The first-order chi connectivity index (χ1) is 7.79. The predicted molar refractivity (Wildman–Crippen MR) is 64.5 cm³/mol. The van der Waals surface area contributed by atoms with Gasteiger partial charge in [-0.05, 0) is 12.1 Å². The van der Waals surface area contributed by atoms with Crippen LogP contribution in [0.3, 0.4) is 0 Å². The molecule has 2 rings (SSSR count). The van der Waals surface area contributed by atoms with Gasteiger partial charge < -0.3 is 5.32 Å². The van der Waals surface area contributed by atoms with Crippen molar-refractivity contribution in [2.24, 2.45) is 0 Å². The zero-order valence-corrected chi connectivity index (χ0v) is 9.72. The SMILES string of the molecule is N#CCNc1ncc(-c2ccc(Cl)s2)cn1. The molecule has 1 N–H and O–H groups in total. The molecule has 0 saturated heterocycles. The largest absolute Gasteiger partial charge is 0.341 e. The molecule has 2 aromatic rings. The van der Waals surface area contributed by atoms with Gasteiger partial charge in [0.25, 0.3) is 0 Å². The van der Waals surface area contributed by atoms with Crippen molar-refractivity contribution in [2.75, 3.05) is 11.9 Å². The fourth-order valence-electron chi connectivity index (χ4n) is 1.13. The van der Waals surface area contributed by atoms with Gasteiger partial charge in [-0.3, -0.25) is 0 Å². The van der Waals surface area contributed by atoms with Crippen LogP contribution in [0.15, 0.2) is 24.5 Å². The molecule has 2 aromatic heterocycles. The molecule has 0 fully saturated rings. The molecule has 16 heavy (non-hydrogen) atoms. The van der Waals surface area contributed by atoms with Crippen LogP contribution in [0.5, 0.6) is 0 Å². The van der Waals surface area contributed by atoms with E-state index in [2.05, 4.69) is 15.3 Å². The lowest BCUT2D eigenvalue weighted by Crippen LogP contribution is -2.02. The molecule has 0 atom stereocenters. The molecule has 0 aromatic carbocycles. The second kappa shape index (κ2) is 4.92. The Bertz CT molecular complexity index is 514. The van der Waals surface area contributed by atoms with Gasteiger partial charge >= 0.3 is 0 Å². The minimum absolute atomic E-state index is 0.199. The highest BCUT2D eigenvalue weighted by Gasteiger charge is 2.02. The van der Waals surface area contributed by atoms with Crippen molar-refractivity contribution < 1.29 is 0 Å². The fraction of sp³-hybridized carbons (Fsp3) is 0.100. The Morgan fingerprint density at radius 1 is 1.38 bits per heavy atom. The van der Waals surface area contributed by atoms with E-state index >= 15 is 0 Å². The number of anilines is 1. The average molecular weight is 251 g/mol. The van der Waals surface area contributed by atoms with Gasteiger partial charge in [0.1, 0.15) is 6.54 Å². The lowest BCUT2D eigenvalue weighted by atomic mass is 10.3. The van der Waals surface area contributed by atoms with E-state index in [4.69, 9.17) is 16.9 Å². The summed E-state index contributed by atoms with van der Waals surface area (Å²) in [6.07, 6.45) is 3.41. The number of hydrogen-bond acceptors (Lipinski definition) is 5. The molecule has 6 heteroatoms. The van der Waals surface area contributed by atoms with Crippen molar-refractivity contribution >= 4 is 28.9 Å². The normalized spacial score (nSPS) is 9.75. The van der Waals surface area contributed by atoms with Crippen molar-refractivity contribution in [2.45, 2.75) is 0 Å². The summed E-state index contributed by atoms with van der Waals surface area (Å²) in [6.45, 7) is 0.199. The predicted octanol–water partition coefficient (Wildman–Crippen LogP) is 2.79. The van der Waals surface area contributed by atoms with Crippen molar-refractivity contribution in [1.82, 2.24) is 9.97 Å². The zero-order chi connectivity index (χ0) is 11.4. The number of halogens is 1. The molecule has 80 valence electrons. The Morgan fingerprint density at radius 2 is 2.12 bits per heavy atom. The fourth-order valence-corrected chi connectivity index (χ4v) is 2.15. The Hall–Kier alpha value is -1.64. The Labute approximate surface area is 102 Å². The maximum Gasteiger partial charge on any atom is 0.223 e. The van der Waals surface area contributed by atoms with Crippen LogP contribution in [-0.4, -0.2) is 16.5 Å². The zero-order valence-electron chi connectivity index (χ0n) is 8.14. The maximum atomic E-state index is 8.38. The molecule has 0 amide bonds. The third-order valence-corrected chi connectivity index (χ3v) is 3.12. The topological polar surface area (TPSA) is 61.6 Å². The summed E-state index contributed by atoms with van der Waals surface area (Å²) in [6, 6.07) is 5.72. The van der Waals surface area contributed by atoms with Crippen LogP contribution < -0.4 is 5.32 Å². The summed E-state index contributed by atoms with van der Waals surface area (Å²) in [5.41, 5.74) is 0.916. The second-order valence-corrected chi connectivity index (χ2v) is 4.63. The van der Waals surface area contributed by atoms with Crippen molar-refractivity contribution in [3.63, 3.8) is 0 Å². The van der Waals surface area contributed by atoms with Crippen LogP contribution in [0.1, 0.15) is 0 Å². The Morgan fingerprint density at radius 3 is 2.69 bits per heavy atom. The van der Waals surface area contributed by atoms with Gasteiger partial charge in [-0.1, -0.05) is 11.6 Å². The van der Waals surface area contributed by atoms with Crippen LogP contribution in [0.25, 0.3) is 10.4 Å². The molecule has 0 aliphatic carbocycles. The van der Waals surface area contributed by atoms with E-state index in [1.54, 1.807) is 12.4 Å². The van der Waals surface area contributed by atoms with Gasteiger partial charge in [-0.2, -0.15) is 5.26 Å². The van der Waals surface area contributed by atoms with Crippen LogP contribution in [0.2, 0.25) is 4.34 Å². The summed E-state index contributed by atoms with van der Waals surface area (Å²) in [5, 5.41) is 11.2. The number of hydrogen-bond donors (Lipinski definition) is 1. The highest BCUT2D eigenvalue weighted by atomic mass is 35.5. The van der Waals surface area contributed by atoms with Crippen molar-refractivity contribution in [3.05, 3.63) is 28.9 Å². The van der Waals surface area contributed by atoms with Gasteiger partial charge in [-0.15, -0.1) is 11.3 Å². The smallest absolute Gasteiger partial charge is 0.223 e. The summed E-state index contributed by atoms with van der Waals surface area (Å²) in [7, 11) is 0. The molecule has 0 bridgehead atoms. The van der Waals surface area contributed by atoms with Gasteiger partial charge in [0.05, 0.1) is 10.4 Å². The van der Waals surface area contributed by atoms with Crippen LogP contribution in [-0.2, 0) is 0 Å². The minimum Gasteiger partial charge on any atom is -0.341 e. The molecule has 0 aliphatic heterocycles. The number of thiophene rings is 1. The van der Waals surface area contributed by atoms with E-state index in [9.17, 15) is 0 Å². The van der Waals surface area contributed by atoms with E-state index in [-0.39, 0.29) is 6.54 Å². The molecule has 0 radical (unpaired) electrons. The second-order valence-electron chi connectivity index (χ2n) is 2.91. The van der Waals surface area contributed by atoms with Crippen molar-refractivity contribution in [3.8, 4) is 16.5 Å². The Balaban J connectivity index is 2.16. The van der Waals surface area contributed by atoms with Gasteiger partial charge in [-0.25, -0.2) is 9.97 Å². The first-order valence-corrected chi connectivity index (χ1v) is 5.67. The summed E-state index contributed by atoms with van der Waals surface area (Å²) < 4.78 is 0.738.